The number of carbonyl (C=O) groups excluding carboxylic acids is 3. The number of amides is 4. The van der Waals surface area contributed by atoms with Crippen LogP contribution in [0.1, 0.15) is 47.3 Å². The van der Waals surface area contributed by atoms with Crippen molar-refractivity contribution in [3.05, 3.63) is 64.7 Å². The van der Waals surface area contributed by atoms with Crippen molar-refractivity contribution in [1.29, 1.82) is 0 Å². The average molecular weight is 559 g/mol. The summed E-state index contributed by atoms with van der Waals surface area (Å²) >= 11 is 0. The van der Waals surface area contributed by atoms with Gasteiger partial charge < -0.3 is 25.1 Å². The second kappa shape index (κ2) is 11.5. The molecule has 5 rings (SSSR count). The number of methoxy groups -OCH3 is 1. The maximum Gasteiger partial charge on any atom is 0.323 e. The standard InChI is InChI=1S/C30H34N6O5/c1-20(2)34-13-4-14-35(16-15-34)26(33-40)22-7-5-21(6-8-22)11-12-30(28(38)31-29(39)32-30)19-36-18-23-9-10-24(41-3)17-25(23)27(36)37/h5-10,17,20,40H,4,13-16,18-19H2,1-3H3,(H2,31,32,38,39)/t30-/m1/s1. The summed E-state index contributed by atoms with van der Waals surface area (Å²) < 4.78 is 5.24. The van der Waals surface area contributed by atoms with Crippen molar-refractivity contribution in [2.24, 2.45) is 5.16 Å². The van der Waals surface area contributed by atoms with E-state index in [1.807, 2.05) is 18.2 Å². The van der Waals surface area contributed by atoms with Crippen molar-refractivity contribution < 1.29 is 24.3 Å². The van der Waals surface area contributed by atoms with Crippen molar-refractivity contribution in [2.45, 2.75) is 38.4 Å². The Labute approximate surface area is 239 Å². The number of amidine groups is 1. The Hall–Kier alpha value is -4.56. The molecule has 0 saturated carbocycles. The lowest BCUT2D eigenvalue weighted by Gasteiger charge is -2.26. The third kappa shape index (κ3) is 5.69. The van der Waals surface area contributed by atoms with Gasteiger partial charge in [-0.15, -0.1) is 0 Å². The summed E-state index contributed by atoms with van der Waals surface area (Å²) in [6.07, 6.45) is 0.967. The van der Waals surface area contributed by atoms with Gasteiger partial charge in [0.1, 0.15) is 5.75 Å². The van der Waals surface area contributed by atoms with Crippen LogP contribution in [0.15, 0.2) is 47.6 Å². The van der Waals surface area contributed by atoms with Crippen LogP contribution in [-0.4, -0.2) is 95.0 Å². The lowest BCUT2D eigenvalue weighted by molar-refractivity contribution is -0.122. The molecule has 0 unspecified atom stereocenters. The number of oxime groups is 1. The first kappa shape index (κ1) is 28.0. The van der Waals surface area contributed by atoms with Crippen LogP contribution < -0.4 is 15.4 Å². The first-order valence-corrected chi connectivity index (χ1v) is 13.7. The number of ether oxygens (including phenoxy) is 1. The fraction of sp³-hybridized carbons (Fsp3) is 0.400. The molecule has 11 heteroatoms. The number of hydrogen-bond acceptors (Lipinski definition) is 7. The number of nitrogens with zero attached hydrogens (tertiary/aromatic N) is 4. The van der Waals surface area contributed by atoms with Crippen molar-refractivity contribution in [1.82, 2.24) is 25.3 Å². The summed E-state index contributed by atoms with van der Waals surface area (Å²) in [7, 11) is 1.53. The second-order valence-corrected chi connectivity index (χ2v) is 10.7. The largest absolute Gasteiger partial charge is 0.497 e. The topological polar surface area (TPSA) is 127 Å². The van der Waals surface area contributed by atoms with Crippen molar-refractivity contribution >= 4 is 23.7 Å². The number of fused-ring (bicyclic) bond motifs is 1. The summed E-state index contributed by atoms with van der Waals surface area (Å²) in [6, 6.07) is 12.2. The molecule has 214 valence electrons. The van der Waals surface area contributed by atoms with Crippen molar-refractivity contribution in [2.75, 3.05) is 39.8 Å². The van der Waals surface area contributed by atoms with E-state index in [1.165, 1.54) is 12.0 Å². The van der Waals surface area contributed by atoms with E-state index in [-0.39, 0.29) is 19.0 Å². The van der Waals surface area contributed by atoms with Crippen LogP contribution in [0.2, 0.25) is 0 Å². The van der Waals surface area contributed by atoms with Gasteiger partial charge in [-0.25, -0.2) is 4.79 Å². The van der Waals surface area contributed by atoms with E-state index in [0.717, 1.165) is 43.7 Å². The highest BCUT2D eigenvalue weighted by atomic mass is 16.5. The molecule has 41 heavy (non-hydrogen) atoms. The summed E-state index contributed by atoms with van der Waals surface area (Å²) in [4.78, 5) is 44.2. The molecule has 2 fully saturated rings. The fourth-order valence-corrected chi connectivity index (χ4v) is 5.46. The summed E-state index contributed by atoms with van der Waals surface area (Å²) in [5, 5.41) is 18.3. The van der Waals surface area contributed by atoms with E-state index in [2.05, 4.69) is 51.3 Å². The van der Waals surface area contributed by atoms with Crippen LogP contribution >= 0.6 is 0 Å². The van der Waals surface area contributed by atoms with Crippen LogP contribution in [0.5, 0.6) is 5.75 Å². The average Bonchev–Trinajstić information content (AvgIpc) is 3.28. The molecule has 2 aromatic rings. The summed E-state index contributed by atoms with van der Waals surface area (Å²) in [5.74, 6) is 6.11. The van der Waals surface area contributed by atoms with Gasteiger partial charge in [-0.05, 0) is 62.2 Å². The molecule has 0 bridgehead atoms. The molecule has 3 aliphatic heterocycles. The highest BCUT2D eigenvalue weighted by Crippen LogP contribution is 2.28. The first-order chi connectivity index (χ1) is 19.7. The number of nitrogens with one attached hydrogen (secondary N) is 2. The molecule has 2 saturated heterocycles. The molecule has 3 heterocycles. The molecule has 0 radical (unpaired) electrons. The first-order valence-electron chi connectivity index (χ1n) is 13.7. The molecule has 2 aromatic carbocycles. The number of benzene rings is 2. The van der Waals surface area contributed by atoms with Gasteiger partial charge in [0, 0.05) is 55.5 Å². The summed E-state index contributed by atoms with van der Waals surface area (Å²) in [6.45, 7) is 7.95. The Balaban J connectivity index is 1.34. The zero-order chi connectivity index (χ0) is 29.1. The molecule has 4 amide bonds. The minimum absolute atomic E-state index is 0.116. The Bertz CT molecular complexity index is 1440. The number of urea groups is 1. The number of hydrogen-bond donors (Lipinski definition) is 3. The van der Waals surface area contributed by atoms with Gasteiger partial charge >= 0.3 is 6.03 Å². The van der Waals surface area contributed by atoms with Gasteiger partial charge in [-0.3, -0.25) is 19.8 Å². The van der Waals surface area contributed by atoms with E-state index in [0.29, 0.717) is 28.8 Å². The van der Waals surface area contributed by atoms with Crippen LogP contribution in [0.3, 0.4) is 0 Å². The quantitative estimate of drug-likeness (QED) is 0.128. The Morgan fingerprint density at radius 3 is 2.54 bits per heavy atom. The van der Waals surface area contributed by atoms with E-state index in [9.17, 15) is 19.6 Å². The van der Waals surface area contributed by atoms with Gasteiger partial charge in [0.05, 0.1) is 13.7 Å². The zero-order valence-electron chi connectivity index (χ0n) is 23.4. The van der Waals surface area contributed by atoms with Crippen LogP contribution in [0, 0.1) is 11.8 Å². The van der Waals surface area contributed by atoms with Crippen LogP contribution in [0.25, 0.3) is 0 Å². The SMILES string of the molecule is COc1ccc2c(c1)C(=O)N(C[C@@]1(C#Cc3ccc(C(=NO)N4CCCN(C(C)C)CC4)cc3)NC(=O)NC1=O)C2. The molecular weight excluding hydrogens is 524 g/mol. The molecule has 0 aliphatic carbocycles. The minimum Gasteiger partial charge on any atom is -0.497 e. The van der Waals surface area contributed by atoms with E-state index >= 15 is 0 Å². The van der Waals surface area contributed by atoms with Crippen molar-refractivity contribution in [3.8, 4) is 17.6 Å². The van der Waals surface area contributed by atoms with Crippen LogP contribution in [0.4, 0.5) is 4.79 Å². The summed E-state index contributed by atoms with van der Waals surface area (Å²) in [5.41, 5.74) is 1.04. The zero-order valence-corrected chi connectivity index (χ0v) is 23.4. The maximum absolute atomic E-state index is 13.1. The molecule has 3 N–H and O–H groups in total. The molecule has 11 nitrogen and oxygen atoms in total. The molecular formula is C30H34N6O5. The predicted octanol–water partition coefficient (Wildman–Crippen LogP) is 1.83. The van der Waals surface area contributed by atoms with E-state index < -0.39 is 17.5 Å². The van der Waals surface area contributed by atoms with Gasteiger partial charge in [0.25, 0.3) is 11.8 Å². The monoisotopic (exact) mass is 558 g/mol. The molecule has 3 aliphatic rings. The van der Waals surface area contributed by atoms with Gasteiger partial charge in [0.2, 0.25) is 5.54 Å². The Kier molecular flexibility index (Phi) is 7.85. The van der Waals surface area contributed by atoms with Gasteiger partial charge in [-0.2, -0.15) is 0 Å². The normalized spacial score (nSPS) is 21.3. The number of imide groups is 1. The maximum atomic E-state index is 13.1. The Morgan fingerprint density at radius 2 is 1.88 bits per heavy atom. The highest BCUT2D eigenvalue weighted by Gasteiger charge is 2.48. The minimum atomic E-state index is -1.61. The van der Waals surface area contributed by atoms with E-state index in [4.69, 9.17) is 4.74 Å². The van der Waals surface area contributed by atoms with Crippen LogP contribution in [-0.2, 0) is 11.3 Å². The molecule has 0 aromatic heterocycles. The lowest BCUT2D eigenvalue weighted by Crippen LogP contribution is -2.54. The van der Waals surface area contributed by atoms with Gasteiger partial charge in [0.15, 0.2) is 5.84 Å². The predicted molar refractivity (Wildman–Crippen MR) is 152 cm³/mol. The second-order valence-electron chi connectivity index (χ2n) is 10.7. The van der Waals surface area contributed by atoms with E-state index in [1.54, 1.807) is 24.3 Å². The van der Waals surface area contributed by atoms with Crippen molar-refractivity contribution in [3.63, 3.8) is 0 Å². The van der Waals surface area contributed by atoms with Gasteiger partial charge in [-0.1, -0.05) is 23.1 Å². The smallest absolute Gasteiger partial charge is 0.323 e. The third-order valence-corrected chi connectivity index (χ3v) is 7.78. The molecule has 0 spiro atoms. The molecule has 1 atom stereocenters. The highest BCUT2D eigenvalue weighted by molar-refractivity contribution is 6.10. The number of carbonyl (C=O) groups is 3. The fourth-order valence-electron chi connectivity index (χ4n) is 5.46. The lowest BCUT2D eigenvalue weighted by atomic mass is 9.99. The Morgan fingerprint density at radius 1 is 1.10 bits per heavy atom. The third-order valence-electron chi connectivity index (χ3n) is 7.78. The number of rotatable bonds is 5.